The Morgan fingerprint density at radius 3 is 2.59 bits per heavy atom. The fraction of sp³-hybridized carbons (Fsp3) is 0.368. The van der Waals surface area contributed by atoms with Crippen molar-refractivity contribution < 1.29 is 22.4 Å². The number of alkyl halides is 3. The first kappa shape index (κ1) is 19.3. The normalized spacial score (nSPS) is 16.2. The van der Waals surface area contributed by atoms with Gasteiger partial charge in [-0.05, 0) is 30.2 Å². The third kappa shape index (κ3) is 4.63. The second-order valence-electron chi connectivity index (χ2n) is 6.44. The van der Waals surface area contributed by atoms with E-state index in [4.69, 9.17) is 0 Å². The average Bonchev–Trinajstić information content (AvgIpc) is 2.87. The lowest BCUT2D eigenvalue weighted by atomic mass is 10.0. The number of benzene rings is 1. The monoisotopic (exact) mass is 381 g/mol. The predicted octanol–water partition coefficient (Wildman–Crippen LogP) is 3.59. The number of carbonyl (C=O) groups is 1. The number of rotatable bonds is 3. The molecule has 3 rings (SSSR count). The molecule has 1 aliphatic rings. The molecule has 0 aliphatic carbocycles. The molecule has 0 radical (unpaired) electrons. The summed E-state index contributed by atoms with van der Waals surface area (Å²) in [5.41, 5.74) is -1.11. The van der Waals surface area contributed by atoms with Gasteiger partial charge in [0.1, 0.15) is 5.82 Å². The Bertz CT molecular complexity index is 795. The second kappa shape index (κ2) is 8.04. The molecule has 0 N–H and O–H groups in total. The van der Waals surface area contributed by atoms with Gasteiger partial charge in [-0.15, -0.1) is 0 Å². The van der Waals surface area contributed by atoms with Gasteiger partial charge in [0.25, 0.3) is 5.91 Å². The van der Waals surface area contributed by atoms with Crippen LogP contribution in [0.2, 0.25) is 0 Å². The molecule has 0 saturated carbocycles. The standard InChI is InChI=1S/C19H19F4N3O/c20-16-6-1-5-15(19(21,22)23)17(16)18(27)26-9-3-8-25(10-11-26)13-14-4-2-7-24-12-14/h1-2,4-7,12H,3,8-11,13H2. The fourth-order valence-electron chi connectivity index (χ4n) is 3.22. The molecule has 144 valence electrons. The van der Waals surface area contributed by atoms with Crippen LogP contribution in [0.1, 0.15) is 27.9 Å². The van der Waals surface area contributed by atoms with Crippen LogP contribution in [0.3, 0.4) is 0 Å². The van der Waals surface area contributed by atoms with Crippen molar-refractivity contribution in [1.29, 1.82) is 0 Å². The van der Waals surface area contributed by atoms with Crippen molar-refractivity contribution in [1.82, 2.24) is 14.8 Å². The molecule has 2 heterocycles. The fourth-order valence-corrected chi connectivity index (χ4v) is 3.22. The highest BCUT2D eigenvalue weighted by Gasteiger charge is 2.38. The van der Waals surface area contributed by atoms with Crippen LogP contribution in [-0.4, -0.2) is 46.9 Å². The molecule has 0 unspecified atom stereocenters. The zero-order valence-electron chi connectivity index (χ0n) is 14.5. The molecule has 2 aromatic rings. The van der Waals surface area contributed by atoms with Gasteiger partial charge in [0.05, 0.1) is 11.1 Å². The van der Waals surface area contributed by atoms with Crippen LogP contribution in [0.25, 0.3) is 0 Å². The molecule has 27 heavy (non-hydrogen) atoms. The van der Waals surface area contributed by atoms with Gasteiger partial charge >= 0.3 is 6.18 Å². The number of carbonyl (C=O) groups excluding carboxylic acids is 1. The summed E-state index contributed by atoms with van der Waals surface area (Å²) in [7, 11) is 0. The van der Waals surface area contributed by atoms with Gasteiger partial charge in [-0.1, -0.05) is 12.1 Å². The molecule has 1 fully saturated rings. The van der Waals surface area contributed by atoms with Gasteiger partial charge in [0.2, 0.25) is 0 Å². The molecule has 1 saturated heterocycles. The average molecular weight is 381 g/mol. The third-order valence-corrected chi connectivity index (χ3v) is 4.54. The lowest BCUT2D eigenvalue weighted by Crippen LogP contribution is -2.36. The molecular formula is C19H19F4N3O. The Hall–Kier alpha value is -2.48. The molecule has 1 amide bonds. The Kier molecular flexibility index (Phi) is 5.74. The zero-order valence-corrected chi connectivity index (χ0v) is 14.5. The SMILES string of the molecule is O=C(c1c(F)cccc1C(F)(F)F)N1CCCN(Cc2cccnc2)CC1. The van der Waals surface area contributed by atoms with E-state index in [0.29, 0.717) is 26.1 Å². The van der Waals surface area contributed by atoms with Gasteiger partial charge in [0.15, 0.2) is 0 Å². The highest BCUT2D eigenvalue weighted by atomic mass is 19.4. The third-order valence-electron chi connectivity index (χ3n) is 4.54. The maximum absolute atomic E-state index is 14.1. The van der Waals surface area contributed by atoms with Crippen LogP contribution in [0, 0.1) is 5.82 Å². The molecule has 4 nitrogen and oxygen atoms in total. The summed E-state index contributed by atoms with van der Waals surface area (Å²) in [6, 6.07) is 6.36. The first-order valence-electron chi connectivity index (χ1n) is 8.62. The minimum atomic E-state index is -4.79. The lowest BCUT2D eigenvalue weighted by Gasteiger charge is -2.23. The van der Waals surface area contributed by atoms with Gasteiger partial charge in [-0.25, -0.2) is 4.39 Å². The first-order chi connectivity index (χ1) is 12.9. The van der Waals surface area contributed by atoms with Crippen LogP contribution < -0.4 is 0 Å². The van der Waals surface area contributed by atoms with E-state index in [1.807, 2.05) is 12.1 Å². The molecule has 0 spiro atoms. The smallest absolute Gasteiger partial charge is 0.337 e. The Labute approximate surface area is 154 Å². The van der Waals surface area contributed by atoms with E-state index in [1.54, 1.807) is 12.4 Å². The molecular weight excluding hydrogens is 362 g/mol. The Morgan fingerprint density at radius 2 is 1.89 bits per heavy atom. The predicted molar refractivity (Wildman–Crippen MR) is 91.4 cm³/mol. The molecule has 1 aliphatic heterocycles. The van der Waals surface area contributed by atoms with Crippen molar-refractivity contribution in [3.05, 3.63) is 65.2 Å². The number of hydrogen-bond donors (Lipinski definition) is 0. The minimum absolute atomic E-state index is 0.241. The number of pyridine rings is 1. The van der Waals surface area contributed by atoms with Crippen molar-refractivity contribution in [3.8, 4) is 0 Å². The Morgan fingerprint density at radius 1 is 1.07 bits per heavy atom. The van der Waals surface area contributed by atoms with Crippen LogP contribution in [0.15, 0.2) is 42.7 Å². The molecule has 0 atom stereocenters. The van der Waals surface area contributed by atoms with E-state index in [2.05, 4.69) is 9.88 Å². The van der Waals surface area contributed by atoms with Crippen molar-refractivity contribution >= 4 is 5.91 Å². The Balaban J connectivity index is 1.74. The van der Waals surface area contributed by atoms with E-state index in [9.17, 15) is 22.4 Å². The van der Waals surface area contributed by atoms with E-state index < -0.39 is 29.0 Å². The van der Waals surface area contributed by atoms with Gasteiger partial charge in [-0.2, -0.15) is 13.2 Å². The van der Waals surface area contributed by atoms with Gasteiger partial charge in [0, 0.05) is 45.1 Å². The number of hydrogen-bond acceptors (Lipinski definition) is 3. The zero-order chi connectivity index (χ0) is 19.4. The van der Waals surface area contributed by atoms with Crippen molar-refractivity contribution in [3.63, 3.8) is 0 Å². The lowest BCUT2D eigenvalue weighted by molar-refractivity contribution is -0.138. The van der Waals surface area contributed by atoms with Gasteiger partial charge < -0.3 is 4.90 Å². The quantitative estimate of drug-likeness (QED) is 0.763. The maximum Gasteiger partial charge on any atom is 0.417 e. The van der Waals surface area contributed by atoms with Crippen LogP contribution in [-0.2, 0) is 12.7 Å². The van der Waals surface area contributed by atoms with E-state index in [1.165, 1.54) is 4.90 Å². The summed E-state index contributed by atoms with van der Waals surface area (Å²) in [6.07, 6.45) is -0.755. The summed E-state index contributed by atoms with van der Waals surface area (Å²) in [5, 5.41) is 0. The summed E-state index contributed by atoms with van der Waals surface area (Å²) in [4.78, 5) is 20.1. The van der Waals surface area contributed by atoms with Crippen LogP contribution in [0.5, 0.6) is 0 Å². The number of halogens is 4. The molecule has 8 heteroatoms. The topological polar surface area (TPSA) is 36.4 Å². The minimum Gasteiger partial charge on any atom is -0.337 e. The van der Waals surface area contributed by atoms with Crippen molar-refractivity contribution in [2.45, 2.75) is 19.1 Å². The van der Waals surface area contributed by atoms with Crippen molar-refractivity contribution in [2.24, 2.45) is 0 Å². The van der Waals surface area contributed by atoms with E-state index >= 15 is 0 Å². The molecule has 1 aromatic carbocycles. The number of amides is 1. The molecule has 0 bridgehead atoms. The number of aromatic nitrogens is 1. The summed E-state index contributed by atoms with van der Waals surface area (Å²) < 4.78 is 53.7. The van der Waals surface area contributed by atoms with Crippen LogP contribution in [0.4, 0.5) is 17.6 Å². The summed E-state index contributed by atoms with van der Waals surface area (Å²) >= 11 is 0. The van der Waals surface area contributed by atoms with Crippen LogP contribution >= 0.6 is 0 Å². The van der Waals surface area contributed by atoms with E-state index in [-0.39, 0.29) is 13.1 Å². The highest BCUT2D eigenvalue weighted by Crippen LogP contribution is 2.33. The van der Waals surface area contributed by atoms with Gasteiger partial charge in [-0.3, -0.25) is 14.7 Å². The second-order valence-corrected chi connectivity index (χ2v) is 6.44. The summed E-state index contributed by atoms with van der Waals surface area (Å²) in [5.74, 6) is -2.06. The number of nitrogens with zero attached hydrogens (tertiary/aromatic N) is 3. The summed E-state index contributed by atoms with van der Waals surface area (Å²) in [6.45, 7) is 2.36. The largest absolute Gasteiger partial charge is 0.417 e. The first-order valence-corrected chi connectivity index (χ1v) is 8.62. The maximum atomic E-state index is 14.1. The van der Waals surface area contributed by atoms with Crippen molar-refractivity contribution in [2.75, 3.05) is 26.2 Å². The van der Waals surface area contributed by atoms with E-state index in [0.717, 1.165) is 23.8 Å². The molecule has 1 aromatic heterocycles. The highest BCUT2D eigenvalue weighted by molar-refractivity contribution is 5.96.